The number of ether oxygens (including phenoxy) is 1. The third-order valence-corrected chi connectivity index (χ3v) is 8.89. The number of aliphatic imine (C=N–C) groups is 1. The van der Waals surface area contributed by atoms with Gasteiger partial charge in [-0.25, -0.2) is 22.7 Å². The zero-order valence-electron chi connectivity index (χ0n) is 23.6. The number of anilines is 1. The standard InChI is InChI=1S/C30H38F3N7O/c1-3-11-41-12-10-39-8-6-19(23(31)17-39)15-34-30-35-16-26-21(7-9-40(26)38-30)24-4-5-25-29(37-24)22-13-20(14-27(32)33)28(22)18(2)36-25/h4-5,7,9,16,19-20,22-23,27-28H,3,6,8,10-15,17H2,1-2H3,(H,34,38)/t19-,20?,22?,23-,28+/m1/s1. The van der Waals surface area contributed by atoms with E-state index in [1.807, 2.05) is 31.3 Å². The van der Waals surface area contributed by atoms with Gasteiger partial charge in [0.15, 0.2) is 0 Å². The zero-order chi connectivity index (χ0) is 28.5. The molecular weight excluding hydrogens is 531 g/mol. The molecule has 1 aliphatic carbocycles. The molecule has 2 unspecified atom stereocenters. The predicted octanol–water partition coefficient (Wildman–Crippen LogP) is 5.77. The van der Waals surface area contributed by atoms with Crippen molar-refractivity contribution in [1.29, 1.82) is 0 Å². The van der Waals surface area contributed by atoms with E-state index in [0.29, 0.717) is 32.1 Å². The summed E-state index contributed by atoms with van der Waals surface area (Å²) in [6, 6.07) is 5.86. The van der Waals surface area contributed by atoms with Gasteiger partial charge in [0.1, 0.15) is 6.17 Å². The van der Waals surface area contributed by atoms with Gasteiger partial charge in [-0.15, -0.1) is 5.10 Å². The summed E-state index contributed by atoms with van der Waals surface area (Å²) in [6.45, 7) is 7.94. The van der Waals surface area contributed by atoms with E-state index in [2.05, 4.69) is 27.2 Å². The minimum absolute atomic E-state index is 0.0395. The van der Waals surface area contributed by atoms with E-state index in [0.717, 1.165) is 66.4 Å². The maximum Gasteiger partial charge on any atom is 0.241 e. The smallest absolute Gasteiger partial charge is 0.241 e. The quantitative estimate of drug-likeness (QED) is 0.296. The van der Waals surface area contributed by atoms with E-state index in [1.165, 1.54) is 0 Å². The molecule has 6 rings (SSSR count). The van der Waals surface area contributed by atoms with Crippen molar-refractivity contribution in [1.82, 2.24) is 24.5 Å². The summed E-state index contributed by atoms with van der Waals surface area (Å²) >= 11 is 0. The highest BCUT2D eigenvalue weighted by atomic mass is 19.3. The molecule has 0 amide bonds. The number of hydrogen-bond acceptors (Lipinski definition) is 7. The maximum atomic E-state index is 14.9. The molecule has 2 aliphatic heterocycles. The molecule has 3 aromatic heterocycles. The second kappa shape index (κ2) is 12.1. The van der Waals surface area contributed by atoms with E-state index in [1.54, 1.807) is 10.7 Å². The van der Waals surface area contributed by atoms with Crippen LogP contribution in [-0.2, 0) is 4.74 Å². The minimum Gasteiger partial charge on any atom is -0.380 e. The first-order valence-electron chi connectivity index (χ1n) is 14.8. The van der Waals surface area contributed by atoms with Crippen molar-refractivity contribution in [3.05, 3.63) is 36.3 Å². The summed E-state index contributed by atoms with van der Waals surface area (Å²) in [6.07, 6.45) is 2.81. The molecule has 41 heavy (non-hydrogen) atoms. The van der Waals surface area contributed by atoms with Crippen molar-refractivity contribution >= 4 is 22.9 Å². The first-order valence-corrected chi connectivity index (χ1v) is 14.8. The fraction of sp³-hybridized carbons (Fsp3) is 0.600. The largest absolute Gasteiger partial charge is 0.380 e. The Labute approximate surface area is 238 Å². The van der Waals surface area contributed by atoms with Gasteiger partial charge in [0.05, 0.1) is 35.4 Å². The lowest BCUT2D eigenvalue weighted by Crippen LogP contribution is -2.45. The van der Waals surface area contributed by atoms with Gasteiger partial charge in [0.2, 0.25) is 12.4 Å². The Kier molecular flexibility index (Phi) is 8.26. The van der Waals surface area contributed by atoms with Crippen LogP contribution in [0.1, 0.15) is 51.1 Å². The van der Waals surface area contributed by atoms with Crippen LogP contribution in [0.2, 0.25) is 0 Å². The van der Waals surface area contributed by atoms with Gasteiger partial charge in [-0.2, -0.15) is 0 Å². The number of aromatic nitrogens is 4. The molecule has 2 fully saturated rings. The van der Waals surface area contributed by atoms with Crippen LogP contribution in [0.5, 0.6) is 0 Å². The number of hydrogen-bond donors (Lipinski definition) is 1. The van der Waals surface area contributed by atoms with Gasteiger partial charge < -0.3 is 10.1 Å². The molecule has 11 heteroatoms. The molecule has 5 atom stereocenters. The van der Waals surface area contributed by atoms with Crippen LogP contribution in [0.3, 0.4) is 0 Å². The van der Waals surface area contributed by atoms with Gasteiger partial charge in [-0.3, -0.25) is 14.9 Å². The SMILES string of the molecule is CCCOCCN1CC[C@H](CNc2ncc3c(-c4ccc5c(n4)C4CC(CC(F)F)[C@@H]4C(C)=N5)ccn3n2)[C@H](F)C1. The summed E-state index contributed by atoms with van der Waals surface area (Å²) in [7, 11) is 0. The molecule has 3 aromatic rings. The van der Waals surface area contributed by atoms with Gasteiger partial charge in [0, 0.05) is 67.9 Å². The summed E-state index contributed by atoms with van der Waals surface area (Å²) in [5, 5.41) is 7.83. The Bertz CT molecular complexity index is 1400. The molecule has 1 saturated heterocycles. The number of pyridine rings is 1. The molecule has 1 N–H and O–H groups in total. The highest BCUT2D eigenvalue weighted by Gasteiger charge is 2.48. The van der Waals surface area contributed by atoms with Gasteiger partial charge in [-0.05, 0) is 56.8 Å². The topological polar surface area (TPSA) is 79.9 Å². The fourth-order valence-electron chi connectivity index (χ4n) is 6.70. The molecule has 0 radical (unpaired) electrons. The molecule has 0 bridgehead atoms. The van der Waals surface area contributed by atoms with Crippen LogP contribution in [0.15, 0.2) is 35.6 Å². The van der Waals surface area contributed by atoms with Crippen molar-refractivity contribution in [3.63, 3.8) is 0 Å². The number of piperidine rings is 1. The Hall–Kier alpha value is -3.05. The molecule has 5 heterocycles. The number of halogens is 3. The fourth-order valence-corrected chi connectivity index (χ4v) is 6.70. The summed E-state index contributed by atoms with van der Waals surface area (Å²) in [5.41, 5.74) is 5.14. The molecular formula is C30H38F3N7O. The van der Waals surface area contributed by atoms with Crippen LogP contribution in [0.25, 0.3) is 16.8 Å². The van der Waals surface area contributed by atoms with Crippen LogP contribution < -0.4 is 5.32 Å². The summed E-state index contributed by atoms with van der Waals surface area (Å²) < 4.78 is 48.3. The second-order valence-corrected chi connectivity index (χ2v) is 11.6. The first kappa shape index (κ1) is 28.1. The Morgan fingerprint density at radius 1 is 1.17 bits per heavy atom. The Morgan fingerprint density at radius 2 is 2.05 bits per heavy atom. The van der Waals surface area contributed by atoms with E-state index in [4.69, 9.17) is 14.7 Å². The zero-order valence-corrected chi connectivity index (χ0v) is 23.6. The lowest BCUT2D eigenvalue weighted by Gasteiger charge is -2.47. The summed E-state index contributed by atoms with van der Waals surface area (Å²) in [4.78, 5) is 16.3. The predicted molar refractivity (Wildman–Crippen MR) is 153 cm³/mol. The molecule has 8 nitrogen and oxygen atoms in total. The van der Waals surface area contributed by atoms with Crippen molar-refractivity contribution in [2.45, 2.75) is 58.0 Å². The number of fused-ring (bicyclic) bond motifs is 4. The Balaban J connectivity index is 1.10. The third-order valence-electron chi connectivity index (χ3n) is 8.89. The van der Waals surface area contributed by atoms with E-state index < -0.39 is 12.6 Å². The molecule has 1 saturated carbocycles. The number of rotatable bonds is 11. The van der Waals surface area contributed by atoms with E-state index in [9.17, 15) is 13.2 Å². The van der Waals surface area contributed by atoms with Gasteiger partial charge in [-0.1, -0.05) is 6.92 Å². The highest BCUT2D eigenvalue weighted by molar-refractivity contribution is 5.91. The van der Waals surface area contributed by atoms with Crippen LogP contribution >= 0.6 is 0 Å². The van der Waals surface area contributed by atoms with Crippen molar-refractivity contribution < 1.29 is 17.9 Å². The van der Waals surface area contributed by atoms with Gasteiger partial charge >= 0.3 is 0 Å². The van der Waals surface area contributed by atoms with Crippen LogP contribution in [-0.4, -0.2) is 82.2 Å². The lowest BCUT2D eigenvalue weighted by molar-refractivity contribution is 0.0549. The normalized spacial score (nSPS) is 26.0. The second-order valence-electron chi connectivity index (χ2n) is 11.6. The molecule has 220 valence electrons. The average Bonchev–Trinajstić information content (AvgIpc) is 3.36. The molecule has 0 spiro atoms. The first-order chi connectivity index (χ1) is 19.9. The monoisotopic (exact) mass is 569 g/mol. The number of nitrogens with zero attached hydrogens (tertiary/aromatic N) is 6. The third kappa shape index (κ3) is 5.83. The van der Waals surface area contributed by atoms with Crippen molar-refractivity contribution in [2.24, 2.45) is 22.7 Å². The molecule has 3 aliphatic rings. The lowest BCUT2D eigenvalue weighted by atomic mass is 9.59. The molecule has 0 aromatic carbocycles. The van der Waals surface area contributed by atoms with Crippen LogP contribution in [0.4, 0.5) is 24.8 Å². The number of nitrogens with one attached hydrogen (secondary N) is 1. The Morgan fingerprint density at radius 3 is 2.85 bits per heavy atom. The van der Waals surface area contributed by atoms with Crippen molar-refractivity contribution in [3.8, 4) is 11.3 Å². The van der Waals surface area contributed by atoms with Gasteiger partial charge in [0.25, 0.3) is 0 Å². The minimum atomic E-state index is -2.30. The highest BCUT2D eigenvalue weighted by Crippen LogP contribution is 2.54. The van der Waals surface area contributed by atoms with E-state index in [-0.39, 0.29) is 30.1 Å². The van der Waals surface area contributed by atoms with Crippen molar-refractivity contribution in [2.75, 3.05) is 44.7 Å². The maximum absolute atomic E-state index is 14.9. The number of alkyl halides is 3. The summed E-state index contributed by atoms with van der Waals surface area (Å²) in [5.74, 6) is 0.491. The number of likely N-dealkylation sites (tertiary alicyclic amines) is 1. The van der Waals surface area contributed by atoms with Crippen LogP contribution in [0, 0.1) is 17.8 Å². The van der Waals surface area contributed by atoms with E-state index >= 15 is 0 Å². The average molecular weight is 570 g/mol.